The first-order valence-electron chi connectivity index (χ1n) is 12.4. The Balaban J connectivity index is 1.77. The van der Waals surface area contributed by atoms with Crippen LogP contribution in [0.1, 0.15) is 20.1 Å². The normalized spacial score (nSPS) is 29.1. The number of aliphatic hydroxyl groups is 3. The molecule has 0 aromatic carbocycles. The molecule has 2 amide bonds. The van der Waals surface area contributed by atoms with Gasteiger partial charge in [-0.1, -0.05) is 0 Å². The Hall–Kier alpha value is -3.16. The van der Waals surface area contributed by atoms with E-state index < -0.39 is 84.3 Å². The molecule has 3 rings (SSSR count). The van der Waals surface area contributed by atoms with Crippen LogP contribution in [0.15, 0.2) is 33.7 Å². The molecule has 8 atom stereocenters. The molecule has 40 heavy (non-hydrogen) atoms. The maximum atomic E-state index is 12.7. The maximum absolute atomic E-state index is 12.7. The molecule has 0 unspecified atom stereocenters. The second-order valence-electron chi connectivity index (χ2n) is 8.71. The Morgan fingerprint density at radius 3 is 2.42 bits per heavy atom. The number of amides is 2. The van der Waals surface area contributed by atoms with Crippen molar-refractivity contribution in [1.29, 1.82) is 0 Å². The van der Waals surface area contributed by atoms with Gasteiger partial charge in [-0.05, 0) is 19.9 Å². The van der Waals surface area contributed by atoms with E-state index in [-0.39, 0.29) is 6.54 Å². The molecule has 1 fully saturated rings. The van der Waals surface area contributed by atoms with Gasteiger partial charge in [0.15, 0.2) is 24.4 Å². The summed E-state index contributed by atoms with van der Waals surface area (Å²) in [6.45, 7) is 4.08. The third-order valence-corrected chi connectivity index (χ3v) is 6.06. The predicted molar refractivity (Wildman–Crippen MR) is 131 cm³/mol. The Labute approximate surface area is 227 Å². The highest BCUT2D eigenvalue weighted by atomic mass is 16.7. The number of ether oxygens (including phenoxy) is 6. The molecule has 17 heteroatoms. The number of aromatic nitrogens is 2. The van der Waals surface area contributed by atoms with Crippen molar-refractivity contribution >= 4 is 11.8 Å². The van der Waals surface area contributed by atoms with E-state index >= 15 is 0 Å². The number of aliphatic hydroxyl groups excluding tert-OH is 3. The molecule has 0 aliphatic carbocycles. The van der Waals surface area contributed by atoms with Crippen molar-refractivity contribution in [3.63, 3.8) is 0 Å². The summed E-state index contributed by atoms with van der Waals surface area (Å²) < 4.78 is 33.6. The van der Waals surface area contributed by atoms with Gasteiger partial charge in [-0.25, -0.2) is 4.79 Å². The fourth-order valence-electron chi connectivity index (χ4n) is 4.19. The first-order chi connectivity index (χ1) is 19.0. The first kappa shape index (κ1) is 31.4. The fourth-order valence-corrected chi connectivity index (χ4v) is 4.19. The Morgan fingerprint density at radius 2 is 1.85 bits per heavy atom. The van der Waals surface area contributed by atoms with Gasteiger partial charge in [0.25, 0.3) is 11.5 Å². The van der Waals surface area contributed by atoms with Gasteiger partial charge < -0.3 is 54.8 Å². The highest BCUT2D eigenvalue weighted by molar-refractivity contribution is 5.91. The lowest BCUT2D eigenvalue weighted by Gasteiger charge is -2.35. The summed E-state index contributed by atoms with van der Waals surface area (Å²) in [5.41, 5.74) is 3.93. The van der Waals surface area contributed by atoms with Crippen LogP contribution in [0.3, 0.4) is 0 Å². The van der Waals surface area contributed by atoms with Crippen molar-refractivity contribution < 1.29 is 53.3 Å². The Morgan fingerprint density at radius 1 is 1.18 bits per heavy atom. The lowest BCUT2D eigenvalue weighted by molar-refractivity contribution is -0.241. The zero-order valence-electron chi connectivity index (χ0n) is 22.0. The average molecular weight is 575 g/mol. The van der Waals surface area contributed by atoms with E-state index in [1.165, 1.54) is 7.11 Å². The van der Waals surface area contributed by atoms with Crippen LogP contribution in [-0.2, 0) is 38.0 Å². The number of hydrogen-bond acceptors (Lipinski definition) is 13. The summed E-state index contributed by atoms with van der Waals surface area (Å²) in [4.78, 5) is 50.8. The SMILES string of the molecule is CCOC(CNC(=O)C1=C[C@H](O)[C@H](O)[C@@H](O[C@@H](C(N)=O)[C@H]2O[C@@H](n3ccc(=O)[nH]c3=O)[C@H](O)[C@@H]2OC)O1)OCC. The van der Waals surface area contributed by atoms with E-state index in [2.05, 4.69) is 5.32 Å². The number of nitrogens with one attached hydrogen (secondary N) is 2. The van der Waals surface area contributed by atoms with Crippen LogP contribution in [0.5, 0.6) is 0 Å². The smallest absolute Gasteiger partial charge is 0.330 e. The topological polar surface area (TPSA) is 243 Å². The molecule has 7 N–H and O–H groups in total. The number of nitrogens with two attached hydrogens (primary N) is 1. The van der Waals surface area contributed by atoms with Crippen LogP contribution in [0.25, 0.3) is 0 Å². The van der Waals surface area contributed by atoms with Crippen molar-refractivity contribution in [2.45, 2.75) is 69.3 Å². The summed E-state index contributed by atoms with van der Waals surface area (Å²) in [6, 6.07) is 1.02. The molecule has 1 saturated heterocycles. The molecular weight excluding hydrogens is 540 g/mol. The van der Waals surface area contributed by atoms with Crippen LogP contribution < -0.4 is 22.3 Å². The summed E-state index contributed by atoms with van der Waals surface area (Å²) in [5.74, 6) is -2.39. The number of carbonyl (C=O) groups excluding carboxylic acids is 2. The molecule has 0 saturated carbocycles. The highest BCUT2D eigenvalue weighted by Crippen LogP contribution is 2.34. The van der Waals surface area contributed by atoms with Crippen molar-refractivity contribution in [1.82, 2.24) is 14.9 Å². The number of carbonyl (C=O) groups is 2. The number of methoxy groups -OCH3 is 1. The number of rotatable bonds is 13. The maximum Gasteiger partial charge on any atom is 0.330 e. The second kappa shape index (κ2) is 14.0. The van der Waals surface area contributed by atoms with E-state index in [0.717, 1.165) is 22.9 Å². The van der Waals surface area contributed by atoms with Crippen molar-refractivity contribution in [2.75, 3.05) is 26.9 Å². The average Bonchev–Trinajstić information content (AvgIpc) is 3.23. The zero-order valence-corrected chi connectivity index (χ0v) is 22.0. The third-order valence-electron chi connectivity index (χ3n) is 6.06. The monoisotopic (exact) mass is 574 g/mol. The number of primary amides is 1. The summed E-state index contributed by atoms with van der Waals surface area (Å²) in [6.07, 6.45) is -11.5. The van der Waals surface area contributed by atoms with Gasteiger partial charge in [0.05, 0.1) is 6.54 Å². The number of hydrogen-bond donors (Lipinski definition) is 6. The largest absolute Gasteiger partial charge is 0.456 e. The van der Waals surface area contributed by atoms with E-state index in [1.54, 1.807) is 13.8 Å². The van der Waals surface area contributed by atoms with Crippen molar-refractivity contribution in [3.05, 3.63) is 44.9 Å². The lowest BCUT2D eigenvalue weighted by Crippen LogP contribution is -2.54. The third kappa shape index (κ3) is 7.12. The van der Waals surface area contributed by atoms with Gasteiger partial charge in [-0.3, -0.25) is 23.9 Å². The first-order valence-corrected chi connectivity index (χ1v) is 12.4. The zero-order chi connectivity index (χ0) is 29.6. The molecule has 17 nitrogen and oxygen atoms in total. The van der Waals surface area contributed by atoms with Gasteiger partial charge in [0, 0.05) is 32.6 Å². The van der Waals surface area contributed by atoms with E-state index in [4.69, 9.17) is 34.2 Å². The van der Waals surface area contributed by atoms with Crippen molar-refractivity contribution in [2.24, 2.45) is 5.73 Å². The molecule has 224 valence electrons. The second-order valence-corrected chi connectivity index (χ2v) is 8.71. The molecule has 2 aliphatic heterocycles. The standard InChI is InChI=1S/C23H34N4O13/c1-4-36-13(37-5-2)9-25-20(33)11-8-10(28)14(30)22(38-11)40-18(19(24)32)17-16(35-3)15(31)21(39-17)27-7-6-12(29)26-23(27)34/h6-8,10,13-18,21-22,28,30-31H,4-5,9H2,1-3H3,(H2,24,32)(H,25,33)(H,26,29,34)/t10-,14-,15+,16-,17-,18+,21+,22+/m0/s1. The minimum absolute atomic E-state index is 0.0653. The molecule has 3 heterocycles. The molecule has 0 spiro atoms. The molecule has 0 radical (unpaired) electrons. The quantitative estimate of drug-likeness (QED) is 0.124. The van der Waals surface area contributed by atoms with E-state index in [0.29, 0.717) is 13.2 Å². The van der Waals surface area contributed by atoms with Crippen LogP contribution >= 0.6 is 0 Å². The van der Waals surface area contributed by atoms with Crippen LogP contribution in [0.2, 0.25) is 0 Å². The highest BCUT2D eigenvalue weighted by Gasteiger charge is 2.52. The minimum Gasteiger partial charge on any atom is -0.456 e. The molecular formula is C23H34N4O13. The van der Waals surface area contributed by atoms with Crippen LogP contribution in [-0.4, -0.2) is 113 Å². The molecule has 0 bridgehead atoms. The van der Waals surface area contributed by atoms with Gasteiger partial charge in [0.1, 0.15) is 30.5 Å². The lowest BCUT2D eigenvalue weighted by atomic mass is 10.0. The molecule has 1 aromatic heterocycles. The predicted octanol–water partition coefficient (Wildman–Crippen LogP) is -3.84. The fraction of sp³-hybridized carbons (Fsp3) is 0.652. The molecule has 1 aromatic rings. The number of nitrogens with zero attached hydrogens (tertiary/aromatic N) is 1. The van der Waals surface area contributed by atoms with Gasteiger partial charge >= 0.3 is 5.69 Å². The molecule has 2 aliphatic rings. The number of H-pyrrole nitrogens is 1. The van der Waals surface area contributed by atoms with Gasteiger partial charge in [0.2, 0.25) is 12.2 Å². The minimum atomic E-state index is -1.80. The van der Waals surface area contributed by atoms with Gasteiger partial charge in [-0.15, -0.1) is 0 Å². The Kier molecular flexibility index (Phi) is 10.9. The van der Waals surface area contributed by atoms with Crippen LogP contribution in [0.4, 0.5) is 0 Å². The summed E-state index contributed by atoms with van der Waals surface area (Å²) in [7, 11) is 1.19. The summed E-state index contributed by atoms with van der Waals surface area (Å²) in [5, 5.41) is 34.1. The van der Waals surface area contributed by atoms with E-state index in [1.807, 2.05) is 4.98 Å². The van der Waals surface area contributed by atoms with Crippen molar-refractivity contribution in [3.8, 4) is 0 Å². The van der Waals surface area contributed by atoms with Crippen LogP contribution in [0, 0.1) is 0 Å². The Bertz CT molecular complexity index is 1160. The van der Waals surface area contributed by atoms with E-state index in [9.17, 15) is 34.5 Å². The summed E-state index contributed by atoms with van der Waals surface area (Å²) >= 11 is 0. The van der Waals surface area contributed by atoms with Gasteiger partial charge in [-0.2, -0.15) is 0 Å². The number of aromatic amines is 1.